The summed E-state index contributed by atoms with van der Waals surface area (Å²) in [5.74, 6) is 1.51. The highest BCUT2D eigenvalue weighted by molar-refractivity contribution is 5.47. The van der Waals surface area contributed by atoms with Gasteiger partial charge in [0.1, 0.15) is 12.1 Å². The van der Waals surface area contributed by atoms with Crippen LogP contribution in [0.3, 0.4) is 0 Å². The van der Waals surface area contributed by atoms with E-state index in [9.17, 15) is 5.11 Å². The highest BCUT2D eigenvalue weighted by atomic mass is 16.3. The van der Waals surface area contributed by atoms with Crippen LogP contribution in [0.5, 0.6) is 0 Å². The average Bonchev–Trinajstić information content (AvgIpc) is 2.74. The molecule has 1 aliphatic carbocycles. The number of nitrogens with one attached hydrogen (secondary N) is 1. The molecule has 1 aliphatic rings. The van der Waals surface area contributed by atoms with Crippen LogP contribution in [0.25, 0.3) is 5.78 Å². The summed E-state index contributed by atoms with van der Waals surface area (Å²) < 4.78 is 1.71. The Labute approximate surface area is 105 Å². The Morgan fingerprint density at radius 3 is 3.00 bits per heavy atom. The van der Waals surface area contributed by atoms with E-state index >= 15 is 0 Å². The van der Waals surface area contributed by atoms with Crippen molar-refractivity contribution >= 4 is 11.6 Å². The fourth-order valence-electron chi connectivity index (χ4n) is 2.55. The summed E-state index contributed by atoms with van der Waals surface area (Å²) in [6, 6.07) is 1.97. The number of anilines is 1. The van der Waals surface area contributed by atoms with Gasteiger partial charge in [-0.1, -0.05) is 0 Å². The van der Waals surface area contributed by atoms with Crippen LogP contribution in [0.15, 0.2) is 12.4 Å². The largest absolute Gasteiger partial charge is 0.396 e. The third-order valence-corrected chi connectivity index (χ3v) is 3.67. The second-order valence-electron chi connectivity index (χ2n) is 4.99. The fraction of sp³-hybridized carbons (Fsp3) is 0.583. The van der Waals surface area contributed by atoms with Gasteiger partial charge in [-0.2, -0.15) is 14.6 Å². The maximum atomic E-state index is 9.19. The molecule has 96 valence electrons. The van der Waals surface area contributed by atoms with Crippen molar-refractivity contribution in [1.29, 1.82) is 0 Å². The molecule has 2 heterocycles. The van der Waals surface area contributed by atoms with E-state index in [4.69, 9.17) is 0 Å². The lowest BCUT2D eigenvalue weighted by Crippen LogP contribution is -2.46. The number of hydrogen-bond acceptors (Lipinski definition) is 5. The first-order chi connectivity index (χ1) is 8.72. The number of aryl methyl sites for hydroxylation is 1. The van der Waals surface area contributed by atoms with E-state index in [2.05, 4.69) is 20.4 Å². The number of aliphatic hydroxyl groups is 1. The highest BCUT2D eigenvalue weighted by Gasteiger charge is 2.36. The SMILES string of the molecule is Cc1cc(NC2(CCO)CCC2)n2ncnc2n1. The van der Waals surface area contributed by atoms with Crippen LogP contribution in [0.2, 0.25) is 0 Å². The van der Waals surface area contributed by atoms with Gasteiger partial charge in [0, 0.05) is 23.9 Å². The quantitative estimate of drug-likeness (QED) is 0.847. The van der Waals surface area contributed by atoms with Crippen molar-refractivity contribution in [3.8, 4) is 0 Å². The van der Waals surface area contributed by atoms with E-state index in [1.807, 2.05) is 13.0 Å². The van der Waals surface area contributed by atoms with Crippen molar-refractivity contribution in [2.75, 3.05) is 11.9 Å². The Hall–Kier alpha value is -1.69. The van der Waals surface area contributed by atoms with Crippen molar-refractivity contribution in [2.24, 2.45) is 0 Å². The van der Waals surface area contributed by atoms with Crippen molar-refractivity contribution in [3.05, 3.63) is 18.1 Å². The summed E-state index contributed by atoms with van der Waals surface area (Å²) in [6.45, 7) is 2.15. The van der Waals surface area contributed by atoms with E-state index in [0.717, 1.165) is 30.8 Å². The van der Waals surface area contributed by atoms with Crippen LogP contribution in [-0.4, -0.2) is 36.8 Å². The van der Waals surface area contributed by atoms with Crippen molar-refractivity contribution in [1.82, 2.24) is 19.6 Å². The second kappa shape index (κ2) is 4.20. The van der Waals surface area contributed by atoms with Crippen LogP contribution in [0.1, 0.15) is 31.4 Å². The van der Waals surface area contributed by atoms with Crippen LogP contribution in [0.4, 0.5) is 5.82 Å². The van der Waals surface area contributed by atoms with E-state index in [1.165, 1.54) is 12.7 Å². The van der Waals surface area contributed by atoms with Gasteiger partial charge in [0.05, 0.1) is 0 Å². The molecule has 0 saturated heterocycles. The lowest BCUT2D eigenvalue weighted by atomic mass is 9.74. The van der Waals surface area contributed by atoms with E-state index in [0.29, 0.717) is 5.78 Å². The summed E-state index contributed by atoms with van der Waals surface area (Å²) in [7, 11) is 0. The van der Waals surface area contributed by atoms with Gasteiger partial charge in [0.25, 0.3) is 5.78 Å². The molecule has 0 atom stereocenters. The third kappa shape index (κ3) is 1.82. The Morgan fingerprint density at radius 2 is 2.33 bits per heavy atom. The summed E-state index contributed by atoms with van der Waals surface area (Å²) in [5, 5.41) is 16.9. The highest BCUT2D eigenvalue weighted by Crippen LogP contribution is 2.37. The summed E-state index contributed by atoms with van der Waals surface area (Å²) in [4.78, 5) is 8.43. The van der Waals surface area contributed by atoms with Crippen LogP contribution < -0.4 is 5.32 Å². The topological polar surface area (TPSA) is 75.3 Å². The molecule has 18 heavy (non-hydrogen) atoms. The second-order valence-corrected chi connectivity index (χ2v) is 4.99. The zero-order valence-corrected chi connectivity index (χ0v) is 10.4. The van der Waals surface area contributed by atoms with Crippen LogP contribution in [-0.2, 0) is 0 Å². The lowest BCUT2D eigenvalue weighted by Gasteiger charge is -2.43. The van der Waals surface area contributed by atoms with E-state index < -0.39 is 0 Å². The summed E-state index contributed by atoms with van der Waals surface area (Å²) in [6.07, 6.45) is 5.66. The molecule has 2 aromatic rings. The molecule has 1 fully saturated rings. The minimum Gasteiger partial charge on any atom is -0.396 e. The minimum atomic E-state index is 0.0153. The van der Waals surface area contributed by atoms with E-state index in [1.54, 1.807) is 4.52 Å². The first kappa shape index (κ1) is 11.4. The molecule has 0 aromatic carbocycles. The van der Waals surface area contributed by atoms with Crippen molar-refractivity contribution in [2.45, 2.75) is 38.1 Å². The summed E-state index contributed by atoms with van der Waals surface area (Å²) >= 11 is 0. The number of aliphatic hydroxyl groups excluding tert-OH is 1. The molecule has 0 unspecified atom stereocenters. The standard InChI is InChI=1S/C12H17N5O/c1-9-7-10(17-11(15-9)13-8-14-17)16-12(5-6-18)3-2-4-12/h7-8,16,18H,2-6H2,1H3. The Kier molecular flexibility index (Phi) is 2.66. The van der Waals surface area contributed by atoms with Gasteiger partial charge < -0.3 is 10.4 Å². The smallest absolute Gasteiger partial charge is 0.254 e. The normalized spacial score (nSPS) is 17.7. The Bertz CT molecular complexity index is 561. The van der Waals surface area contributed by atoms with E-state index in [-0.39, 0.29) is 12.1 Å². The number of fused-ring (bicyclic) bond motifs is 1. The van der Waals surface area contributed by atoms with Gasteiger partial charge in [-0.25, -0.2) is 4.98 Å². The molecule has 0 amide bonds. The minimum absolute atomic E-state index is 0.0153. The molecule has 6 nitrogen and oxygen atoms in total. The fourth-order valence-corrected chi connectivity index (χ4v) is 2.55. The summed E-state index contributed by atoms with van der Waals surface area (Å²) in [5.41, 5.74) is 0.929. The molecule has 0 bridgehead atoms. The van der Waals surface area contributed by atoms with Gasteiger partial charge in [-0.05, 0) is 32.6 Å². The number of hydrogen-bond donors (Lipinski definition) is 2. The van der Waals surface area contributed by atoms with Crippen molar-refractivity contribution in [3.63, 3.8) is 0 Å². The first-order valence-electron chi connectivity index (χ1n) is 6.29. The molecule has 2 N–H and O–H groups in total. The Morgan fingerprint density at radius 1 is 1.50 bits per heavy atom. The Balaban J connectivity index is 1.96. The monoisotopic (exact) mass is 247 g/mol. The number of nitrogens with zero attached hydrogens (tertiary/aromatic N) is 4. The van der Waals surface area contributed by atoms with Crippen molar-refractivity contribution < 1.29 is 5.11 Å². The van der Waals surface area contributed by atoms with Crippen LogP contribution >= 0.6 is 0 Å². The molecule has 0 aliphatic heterocycles. The zero-order valence-electron chi connectivity index (χ0n) is 10.4. The average molecular weight is 247 g/mol. The van der Waals surface area contributed by atoms with Gasteiger partial charge >= 0.3 is 0 Å². The lowest BCUT2D eigenvalue weighted by molar-refractivity contribution is 0.189. The predicted molar refractivity (Wildman–Crippen MR) is 67.4 cm³/mol. The molecular formula is C12H17N5O. The molecule has 0 spiro atoms. The van der Waals surface area contributed by atoms with Gasteiger partial charge in [0.2, 0.25) is 0 Å². The predicted octanol–water partition coefficient (Wildman–Crippen LogP) is 1.15. The molecule has 3 rings (SSSR count). The van der Waals surface area contributed by atoms with Gasteiger partial charge in [-0.15, -0.1) is 0 Å². The molecule has 2 aromatic heterocycles. The van der Waals surface area contributed by atoms with Crippen LogP contribution in [0, 0.1) is 6.92 Å². The molecule has 6 heteroatoms. The number of aromatic nitrogens is 4. The first-order valence-corrected chi connectivity index (χ1v) is 6.29. The third-order valence-electron chi connectivity index (χ3n) is 3.67. The van der Waals surface area contributed by atoms with Gasteiger partial charge in [-0.3, -0.25) is 0 Å². The maximum Gasteiger partial charge on any atom is 0.254 e. The zero-order chi connectivity index (χ0) is 12.6. The van der Waals surface area contributed by atoms with Gasteiger partial charge in [0.15, 0.2) is 0 Å². The molecule has 1 saturated carbocycles. The molecular weight excluding hydrogens is 230 g/mol. The number of rotatable bonds is 4. The molecule has 0 radical (unpaired) electrons. The maximum absolute atomic E-state index is 9.19.